The summed E-state index contributed by atoms with van der Waals surface area (Å²) >= 11 is 0. The number of esters is 1. The smallest absolute Gasteiger partial charge is 0.324 e. The van der Waals surface area contributed by atoms with Crippen LogP contribution in [0.4, 0.5) is 0 Å². The molecule has 0 amide bonds. The van der Waals surface area contributed by atoms with Gasteiger partial charge in [-0.25, -0.2) is 8.42 Å². The molecule has 0 radical (unpaired) electrons. The number of carbonyl (C=O) groups is 1. The number of nitrogens with zero attached hydrogens (tertiary/aromatic N) is 1. The standard InChI is InChI=1S/C17H21NO4S/c1-4-14-8-11-16(17(19)22-5-2)18(12-14)23(20,21)15-9-6-13(3)7-10-15/h4,6-10,16H,1,5,11-12H2,2-3H3. The summed E-state index contributed by atoms with van der Waals surface area (Å²) in [6.45, 7) is 7.60. The van der Waals surface area contributed by atoms with Crippen molar-refractivity contribution >= 4 is 16.0 Å². The van der Waals surface area contributed by atoms with Crippen LogP contribution in [0.1, 0.15) is 18.9 Å². The van der Waals surface area contributed by atoms with Crippen LogP contribution in [0.25, 0.3) is 0 Å². The summed E-state index contributed by atoms with van der Waals surface area (Å²) < 4.78 is 32.1. The maximum atomic E-state index is 12.9. The fourth-order valence-electron chi connectivity index (χ4n) is 2.43. The summed E-state index contributed by atoms with van der Waals surface area (Å²) in [5.41, 5.74) is 1.75. The van der Waals surface area contributed by atoms with Gasteiger partial charge >= 0.3 is 5.97 Å². The molecule has 1 aromatic rings. The highest BCUT2D eigenvalue weighted by molar-refractivity contribution is 7.89. The number of aryl methyl sites for hydroxylation is 1. The van der Waals surface area contributed by atoms with E-state index in [1.165, 1.54) is 4.31 Å². The Kier molecular flexibility index (Phi) is 5.38. The van der Waals surface area contributed by atoms with E-state index in [1.54, 1.807) is 37.3 Å². The summed E-state index contributed by atoms with van der Waals surface area (Å²) in [5.74, 6) is -0.525. The van der Waals surface area contributed by atoms with E-state index in [0.29, 0.717) is 0 Å². The Morgan fingerprint density at radius 3 is 2.61 bits per heavy atom. The first-order chi connectivity index (χ1) is 10.9. The first kappa shape index (κ1) is 17.4. The van der Waals surface area contributed by atoms with Crippen LogP contribution in [-0.2, 0) is 19.6 Å². The normalized spacial score (nSPS) is 19.0. The average Bonchev–Trinajstić information content (AvgIpc) is 2.55. The largest absolute Gasteiger partial charge is 0.465 e. The number of rotatable bonds is 5. The van der Waals surface area contributed by atoms with Crippen LogP contribution in [0.15, 0.2) is 53.5 Å². The lowest BCUT2D eigenvalue weighted by Crippen LogP contribution is -2.48. The summed E-state index contributed by atoms with van der Waals surface area (Å²) in [7, 11) is -3.79. The molecule has 0 N–H and O–H groups in total. The molecule has 2 rings (SSSR count). The van der Waals surface area contributed by atoms with Crippen molar-refractivity contribution in [3.8, 4) is 0 Å². The van der Waals surface area contributed by atoms with E-state index in [4.69, 9.17) is 4.74 Å². The van der Waals surface area contributed by atoms with E-state index in [1.807, 2.05) is 13.0 Å². The summed E-state index contributed by atoms with van der Waals surface area (Å²) in [6, 6.07) is 5.74. The monoisotopic (exact) mass is 335 g/mol. The fourth-order valence-corrected chi connectivity index (χ4v) is 4.01. The first-order valence-corrected chi connectivity index (χ1v) is 8.90. The predicted molar refractivity (Wildman–Crippen MR) is 88.4 cm³/mol. The average molecular weight is 335 g/mol. The van der Waals surface area contributed by atoms with Crippen molar-refractivity contribution < 1.29 is 17.9 Å². The molecule has 23 heavy (non-hydrogen) atoms. The molecule has 0 saturated carbocycles. The molecule has 0 fully saturated rings. The molecule has 1 aliphatic rings. The van der Waals surface area contributed by atoms with E-state index < -0.39 is 22.0 Å². The van der Waals surface area contributed by atoms with Crippen LogP contribution >= 0.6 is 0 Å². The highest BCUT2D eigenvalue weighted by Crippen LogP contribution is 2.26. The summed E-state index contributed by atoms with van der Waals surface area (Å²) in [6.07, 6.45) is 3.72. The highest BCUT2D eigenvalue weighted by Gasteiger charge is 2.38. The van der Waals surface area contributed by atoms with E-state index in [-0.39, 0.29) is 24.5 Å². The zero-order valence-electron chi connectivity index (χ0n) is 13.4. The third-order valence-electron chi connectivity index (χ3n) is 3.74. The molecule has 1 heterocycles. The molecule has 0 saturated heterocycles. The maximum Gasteiger partial charge on any atom is 0.324 e. The Bertz CT molecular complexity index is 719. The number of benzene rings is 1. The van der Waals surface area contributed by atoms with Gasteiger partial charge in [0.1, 0.15) is 6.04 Å². The van der Waals surface area contributed by atoms with Gasteiger partial charge in [0.05, 0.1) is 11.5 Å². The quantitative estimate of drug-likeness (QED) is 0.775. The second-order valence-corrected chi connectivity index (χ2v) is 7.24. The number of carbonyl (C=O) groups excluding carboxylic acids is 1. The minimum Gasteiger partial charge on any atom is -0.465 e. The summed E-state index contributed by atoms with van der Waals surface area (Å²) in [5, 5.41) is 0. The van der Waals surface area contributed by atoms with Crippen LogP contribution in [-0.4, -0.2) is 37.9 Å². The zero-order valence-corrected chi connectivity index (χ0v) is 14.2. The van der Waals surface area contributed by atoms with Crippen molar-refractivity contribution in [3.05, 3.63) is 54.1 Å². The van der Waals surface area contributed by atoms with Gasteiger partial charge < -0.3 is 4.74 Å². The van der Waals surface area contributed by atoms with E-state index in [0.717, 1.165) is 11.1 Å². The second kappa shape index (κ2) is 7.10. The van der Waals surface area contributed by atoms with Crippen LogP contribution in [0, 0.1) is 6.92 Å². The molecule has 1 atom stereocenters. The van der Waals surface area contributed by atoms with Crippen molar-refractivity contribution in [3.63, 3.8) is 0 Å². The highest BCUT2D eigenvalue weighted by atomic mass is 32.2. The topological polar surface area (TPSA) is 63.7 Å². The summed E-state index contributed by atoms with van der Waals surface area (Å²) in [4.78, 5) is 12.3. The Balaban J connectivity index is 2.42. The minimum atomic E-state index is -3.79. The van der Waals surface area contributed by atoms with Crippen molar-refractivity contribution in [1.82, 2.24) is 4.31 Å². The lowest BCUT2D eigenvalue weighted by atomic mass is 10.1. The Morgan fingerprint density at radius 2 is 2.04 bits per heavy atom. The SMILES string of the molecule is C=CC1=CCC(C(=O)OCC)N(S(=O)(=O)c2ccc(C)cc2)C1. The van der Waals surface area contributed by atoms with Crippen LogP contribution < -0.4 is 0 Å². The van der Waals surface area contributed by atoms with Gasteiger partial charge in [-0.3, -0.25) is 4.79 Å². The molecule has 0 aromatic heterocycles. The van der Waals surface area contributed by atoms with Gasteiger partial charge in [0, 0.05) is 6.54 Å². The number of hydrogen-bond acceptors (Lipinski definition) is 4. The van der Waals surface area contributed by atoms with Gasteiger partial charge in [-0.1, -0.05) is 36.4 Å². The van der Waals surface area contributed by atoms with Crippen LogP contribution in [0.3, 0.4) is 0 Å². The number of ether oxygens (including phenoxy) is 1. The Hall–Kier alpha value is -1.92. The Labute approximate surface area is 137 Å². The predicted octanol–water partition coefficient (Wildman–Crippen LogP) is 2.43. The van der Waals surface area contributed by atoms with Crippen LogP contribution in [0.2, 0.25) is 0 Å². The van der Waals surface area contributed by atoms with E-state index in [2.05, 4.69) is 6.58 Å². The van der Waals surface area contributed by atoms with Gasteiger partial charge in [0.15, 0.2) is 0 Å². The van der Waals surface area contributed by atoms with Gasteiger partial charge in [-0.2, -0.15) is 4.31 Å². The first-order valence-electron chi connectivity index (χ1n) is 7.46. The molecule has 1 unspecified atom stereocenters. The third kappa shape index (κ3) is 3.71. The molecule has 6 heteroatoms. The van der Waals surface area contributed by atoms with Gasteiger partial charge in [0.2, 0.25) is 10.0 Å². The lowest BCUT2D eigenvalue weighted by molar-refractivity contribution is -0.147. The van der Waals surface area contributed by atoms with Gasteiger partial charge in [-0.05, 0) is 38.0 Å². The zero-order chi connectivity index (χ0) is 17.0. The fraction of sp³-hybridized carbons (Fsp3) is 0.353. The number of hydrogen-bond donors (Lipinski definition) is 0. The van der Waals surface area contributed by atoms with Gasteiger partial charge in [0.25, 0.3) is 0 Å². The molecule has 1 aliphatic heterocycles. The molecule has 1 aromatic carbocycles. The number of sulfonamides is 1. The molecule has 0 spiro atoms. The van der Waals surface area contributed by atoms with Gasteiger partial charge in [-0.15, -0.1) is 0 Å². The molecule has 0 bridgehead atoms. The van der Waals surface area contributed by atoms with Crippen molar-refractivity contribution in [2.24, 2.45) is 0 Å². The maximum absolute atomic E-state index is 12.9. The minimum absolute atomic E-state index is 0.114. The lowest BCUT2D eigenvalue weighted by Gasteiger charge is -2.32. The van der Waals surface area contributed by atoms with Crippen molar-refractivity contribution in [2.75, 3.05) is 13.2 Å². The molecular formula is C17H21NO4S. The molecule has 5 nitrogen and oxygen atoms in total. The third-order valence-corrected chi connectivity index (χ3v) is 5.61. The molecule has 0 aliphatic carbocycles. The second-order valence-electron chi connectivity index (χ2n) is 5.35. The van der Waals surface area contributed by atoms with E-state index >= 15 is 0 Å². The van der Waals surface area contributed by atoms with Crippen molar-refractivity contribution in [2.45, 2.75) is 31.2 Å². The molecular weight excluding hydrogens is 314 g/mol. The van der Waals surface area contributed by atoms with Crippen molar-refractivity contribution in [1.29, 1.82) is 0 Å². The van der Waals surface area contributed by atoms with Crippen LogP contribution in [0.5, 0.6) is 0 Å². The Morgan fingerprint density at radius 1 is 1.39 bits per heavy atom. The van der Waals surface area contributed by atoms with E-state index in [9.17, 15) is 13.2 Å². The molecule has 124 valence electrons.